The Bertz CT molecular complexity index is 611. The number of methoxy groups -OCH3 is 1. The van der Waals surface area contributed by atoms with E-state index in [0.29, 0.717) is 0 Å². The molecule has 22 heavy (non-hydrogen) atoms. The van der Waals surface area contributed by atoms with Crippen molar-refractivity contribution in [3.8, 4) is 5.75 Å². The van der Waals surface area contributed by atoms with Crippen molar-refractivity contribution < 1.29 is 28.3 Å². The van der Waals surface area contributed by atoms with E-state index in [4.69, 9.17) is 9.84 Å². The highest BCUT2D eigenvalue weighted by Gasteiger charge is 2.37. The quantitative estimate of drug-likeness (QED) is 0.678. The van der Waals surface area contributed by atoms with Crippen molar-refractivity contribution in [1.82, 2.24) is 0 Å². The van der Waals surface area contributed by atoms with Gasteiger partial charge in [-0.2, -0.15) is 0 Å². The fraction of sp³-hybridized carbons (Fsp3) is 0.462. The van der Waals surface area contributed by atoms with Crippen molar-refractivity contribution in [3.05, 3.63) is 27.8 Å². The predicted octanol–water partition coefficient (Wildman–Crippen LogP) is 2.54. The van der Waals surface area contributed by atoms with Crippen molar-refractivity contribution in [1.29, 1.82) is 0 Å². The first-order valence-electron chi connectivity index (χ1n) is 6.47. The van der Waals surface area contributed by atoms with Crippen LogP contribution in [0.4, 0.5) is 20.2 Å². The van der Waals surface area contributed by atoms with Crippen LogP contribution in [0.25, 0.3) is 0 Å². The number of anilines is 1. The molecule has 0 radical (unpaired) electrons. The number of halogens is 2. The lowest BCUT2D eigenvalue weighted by molar-refractivity contribution is -0.384. The van der Waals surface area contributed by atoms with E-state index in [1.165, 1.54) is 12.0 Å². The lowest BCUT2D eigenvalue weighted by Gasteiger charge is -2.33. The standard InChI is InChI=1S/C13H14F2N2O5/c1-22-10-7-8(12(18)19)6-9(17(20)21)11(10)16-4-2-13(14,15)3-5-16/h6-7H,2-5H2,1H3,(H,18,19). The summed E-state index contributed by atoms with van der Waals surface area (Å²) in [4.78, 5) is 22.9. The molecule has 1 fully saturated rings. The van der Waals surface area contributed by atoms with Crippen molar-refractivity contribution in [2.75, 3.05) is 25.1 Å². The van der Waals surface area contributed by atoms with Gasteiger partial charge in [0.05, 0.1) is 17.6 Å². The molecule has 1 aromatic rings. The summed E-state index contributed by atoms with van der Waals surface area (Å²) < 4.78 is 31.5. The number of benzene rings is 1. The SMILES string of the molecule is COc1cc(C(=O)O)cc([N+](=O)[O-])c1N1CCC(F)(F)CC1. The van der Waals surface area contributed by atoms with Crippen molar-refractivity contribution in [3.63, 3.8) is 0 Å². The number of piperidine rings is 1. The largest absolute Gasteiger partial charge is 0.494 e. The molecule has 2 rings (SSSR count). The molecule has 1 aliphatic rings. The van der Waals surface area contributed by atoms with E-state index in [-0.39, 0.29) is 30.1 Å². The molecule has 1 N–H and O–H groups in total. The Kier molecular flexibility index (Phi) is 4.16. The Hall–Kier alpha value is -2.45. The predicted molar refractivity (Wildman–Crippen MR) is 73.0 cm³/mol. The molecule has 1 heterocycles. The highest BCUT2D eigenvalue weighted by molar-refractivity contribution is 5.91. The van der Waals surface area contributed by atoms with Gasteiger partial charge in [-0.25, -0.2) is 13.6 Å². The van der Waals surface area contributed by atoms with Gasteiger partial charge >= 0.3 is 5.97 Å². The summed E-state index contributed by atoms with van der Waals surface area (Å²) in [5, 5.41) is 20.2. The number of ether oxygens (including phenoxy) is 1. The fourth-order valence-corrected chi connectivity index (χ4v) is 2.39. The second-order valence-corrected chi connectivity index (χ2v) is 4.95. The highest BCUT2D eigenvalue weighted by atomic mass is 19.3. The molecule has 0 aliphatic carbocycles. The molecule has 1 saturated heterocycles. The number of carboxylic acid groups (broad SMARTS) is 1. The van der Waals surface area contributed by atoms with E-state index in [2.05, 4.69) is 0 Å². The average molecular weight is 316 g/mol. The van der Waals surface area contributed by atoms with Gasteiger partial charge < -0.3 is 14.7 Å². The van der Waals surface area contributed by atoms with E-state index >= 15 is 0 Å². The monoisotopic (exact) mass is 316 g/mol. The normalized spacial score (nSPS) is 17.1. The lowest BCUT2D eigenvalue weighted by atomic mass is 10.0. The Morgan fingerprint density at radius 3 is 2.45 bits per heavy atom. The minimum atomic E-state index is -2.79. The average Bonchev–Trinajstić information content (AvgIpc) is 2.45. The molecular weight excluding hydrogens is 302 g/mol. The summed E-state index contributed by atoms with van der Waals surface area (Å²) >= 11 is 0. The molecule has 0 unspecified atom stereocenters. The van der Waals surface area contributed by atoms with Crippen molar-refractivity contribution in [2.24, 2.45) is 0 Å². The fourth-order valence-electron chi connectivity index (χ4n) is 2.39. The maximum absolute atomic E-state index is 13.2. The molecule has 1 aliphatic heterocycles. The molecule has 0 amide bonds. The van der Waals surface area contributed by atoms with E-state index in [9.17, 15) is 23.7 Å². The molecule has 0 bridgehead atoms. The third kappa shape index (κ3) is 3.07. The van der Waals surface area contributed by atoms with Gasteiger partial charge in [0, 0.05) is 32.0 Å². The number of carboxylic acids is 1. The van der Waals surface area contributed by atoms with Crippen LogP contribution in [0.3, 0.4) is 0 Å². The van der Waals surface area contributed by atoms with E-state index in [1.54, 1.807) is 0 Å². The van der Waals surface area contributed by atoms with Crippen LogP contribution in [0.1, 0.15) is 23.2 Å². The van der Waals surface area contributed by atoms with Gasteiger partial charge in [-0.05, 0) is 6.07 Å². The third-order valence-electron chi connectivity index (χ3n) is 3.53. The van der Waals surface area contributed by atoms with E-state index in [0.717, 1.165) is 12.1 Å². The summed E-state index contributed by atoms with van der Waals surface area (Å²) in [6.07, 6.45) is -0.845. The molecule has 120 valence electrons. The van der Waals surface area contributed by atoms with Crippen LogP contribution in [0.15, 0.2) is 12.1 Å². The third-order valence-corrected chi connectivity index (χ3v) is 3.53. The maximum atomic E-state index is 13.2. The van der Waals surface area contributed by atoms with E-state index in [1.807, 2.05) is 0 Å². The van der Waals surface area contributed by atoms with Crippen LogP contribution in [0, 0.1) is 10.1 Å². The molecule has 7 nitrogen and oxygen atoms in total. The van der Waals surface area contributed by atoms with Gasteiger partial charge in [0.1, 0.15) is 5.75 Å². The molecular formula is C13H14F2N2O5. The molecule has 0 spiro atoms. The minimum Gasteiger partial charge on any atom is -0.494 e. The first-order valence-corrected chi connectivity index (χ1v) is 6.47. The van der Waals surface area contributed by atoms with Crippen molar-refractivity contribution in [2.45, 2.75) is 18.8 Å². The van der Waals surface area contributed by atoms with Gasteiger partial charge in [0.15, 0.2) is 5.69 Å². The zero-order valence-corrected chi connectivity index (χ0v) is 11.7. The van der Waals surface area contributed by atoms with Crippen LogP contribution in [-0.2, 0) is 0 Å². The maximum Gasteiger partial charge on any atom is 0.336 e. The summed E-state index contributed by atoms with van der Waals surface area (Å²) in [6, 6.07) is 2.06. The number of hydrogen-bond acceptors (Lipinski definition) is 5. The van der Waals surface area contributed by atoms with Crippen molar-refractivity contribution >= 4 is 17.3 Å². The van der Waals surface area contributed by atoms with Crippen LogP contribution in [0.5, 0.6) is 5.75 Å². The number of nitrogens with zero attached hydrogens (tertiary/aromatic N) is 2. The Labute approximate surface area is 124 Å². The Balaban J connectivity index is 2.49. The number of carbonyl (C=O) groups is 1. The summed E-state index contributed by atoms with van der Waals surface area (Å²) in [7, 11) is 1.24. The first-order chi connectivity index (χ1) is 10.2. The highest BCUT2D eigenvalue weighted by Crippen LogP contribution is 2.41. The van der Waals surface area contributed by atoms with Gasteiger partial charge in [-0.3, -0.25) is 10.1 Å². The van der Waals surface area contributed by atoms with Crippen LogP contribution in [-0.4, -0.2) is 42.1 Å². The summed E-state index contributed by atoms with van der Waals surface area (Å²) in [5.41, 5.74) is -0.732. The lowest BCUT2D eigenvalue weighted by Crippen LogP contribution is -2.39. The summed E-state index contributed by atoms with van der Waals surface area (Å²) in [5.74, 6) is -4.14. The molecule has 0 atom stereocenters. The van der Waals surface area contributed by atoms with Crippen LogP contribution < -0.4 is 9.64 Å². The molecule has 0 aromatic heterocycles. The molecule has 0 saturated carbocycles. The number of rotatable bonds is 4. The van der Waals surface area contributed by atoms with Gasteiger partial charge in [-0.15, -0.1) is 0 Å². The number of aromatic carboxylic acids is 1. The number of alkyl halides is 2. The van der Waals surface area contributed by atoms with Crippen LogP contribution >= 0.6 is 0 Å². The topological polar surface area (TPSA) is 92.9 Å². The van der Waals surface area contributed by atoms with Gasteiger partial charge in [-0.1, -0.05) is 0 Å². The number of nitro groups is 1. The molecule has 9 heteroatoms. The second-order valence-electron chi connectivity index (χ2n) is 4.95. The zero-order chi connectivity index (χ0) is 16.5. The van der Waals surface area contributed by atoms with E-state index < -0.39 is 35.3 Å². The van der Waals surface area contributed by atoms with Gasteiger partial charge in [0.2, 0.25) is 0 Å². The smallest absolute Gasteiger partial charge is 0.336 e. The summed E-state index contributed by atoms with van der Waals surface area (Å²) in [6.45, 7) is -0.146. The second kappa shape index (κ2) is 5.74. The molecule has 1 aromatic carbocycles. The number of nitro benzene ring substituents is 1. The van der Waals surface area contributed by atoms with Crippen LogP contribution in [0.2, 0.25) is 0 Å². The Morgan fingerprint density at radius 2 is 2.00 bits per heavy atom. The Morgan fingerprint density at radius 1 is 1.41 bits per heavy atom. The zero-order valence-electron chi connectivity index (χ0n) is 11.7. The minimum absolute atomic E-state index is 0.0168. The van der Waals surface area contributed by atoms with Gasteiger partial charge in [0.25, 0.3) is 11.6 Å². The first kappa shape index (κ1) is 15.9. The number of hydrogen-bond donors (Lipinski definition) is 1.